The molecule has 1 aliphatic rings. The smallest absolute Gasteiger partial charge is 0.311 e. The predicted molar refractivity (Wildman–Crippen MR) is 101 cm³/mol. The lowest BCUT2D eigenvalue weighted by Gasteiger charge is -2.31. The molecule has 3 rings (SSSR count). The SMILES string of the molecule is COc1ccc(C(=O)N2CCC(C(=O)Nc3ccncc3)CC2)cc1[N+](=O)[O-]. The van der Waals surface area contributed by atoms with Gasteiger partial charge in [-0.15, -0.1) is 0 Å². The molecule has 2 aromatic rings. The number of nitro groups is 1. The Morgan fingerprint density at radius 2 is 1.89 bits per heavy atom. The number of carbonyl (C=O) groups is 2. The van der Waals surface area contributed by atoms with E-state index in [-0.39, 0.29) is 34.7 Å². The summed E-state index contributed by atoms with van der Waals surface area (Å²) < 4.78 is 4.96. The number of hydrogen-bond donors (Lipinski definition) is 1. The van der Waals surface area contributed by atoms with Crippen molar-refractivity contribution in [2.24, 2.45) is 5.92 Å². The summed E-state index contributed by atoms with van der Waals surface area (Å²) in [6, 6.07) is 7.58. The fraction of sp³-hybridized carbons (Fsp3) is 0.316. The molecule has 1 fully saturated rings. The summed E-state index contributed by atoms with van der Waals surface area (Å²) in [4.78, 5) is 41.2. The fourth-order valence-corrected chi connectivity index (χ4v) is 3.17. The number of aromatic nitrogens is 1. The third kappa shape index (κ3) is 4.25. The maximum atomic E-state index is 12.7. The fourth-order valence-electron chi connectivity index (χ4n) is 3.17. The second-order valence-corrected chi connectivity index (χ2v) is 6.44. The summed E-state index contributed by atoms with van der Waals surface area (Å²) in [5.41, 5.74) is 0.663. The highest BCUT2D eigenvalue weighted by molar-refractivity contribution is 5.96. The molecule has 1 N–H and O–H groups in total. The minimum Gasteiger partial charge on any atom is -0.490 e. The minimum absolute atomic E-state index is 0.0848. The summed E-state index contributed by atoms with van der Waals surface area (Å²) in [5.74, 6) is -0.465. The Hall–Kier alpha value is -3.49. The topological polar surface area (TPSA) is 115 Å². The maximum absolute atomic E-state index is 12.7. The van der Waals surface area contributed by atoms with Crippen molar-refractivity contribution in [3.05, 3.63) is 58.4 Å². The van der Waals surface area contributed by atoms with Gasteiger partial charge in [0.2, 0.25) is 5.91 Å². The molecule has 1 aromatic carbocycles. The molecule has 0 bridgehead atoms. The Morgan fingerprint density at radius 3 is 2.50 bits per heavy atom. The number of methoxy groups -OCH3 is 1. The van der Waals surface area contributed by atoms with E-state index in [1.54, 1.807) is 29.4 Å². The molecule has 1 aliphatic heterocycles. The number of nitrogens with one attached hydrogen (secondary N) is 1. The van der Waals surface area contributed by atoms with Crippen LogP contribution in [0.4, 0.5) is 11.4 Å². The molecule has 146 valence electrons. The summed E-state index contributed by atoms with van der Waals surface area (Å²) in [5, 5.41) is 14.0. The molecular formula is C19H20N4O5. The Balaban J connectivity index is 1.61. The number of nitrogens with zero attached hydrogens (tertiary/aromatic N) is 3. The van der Waals surface area contributed by atoms with Crippen LogP contribution < -0.4 is 10.1 Å². The molecule has 0 aliphatic carbocycles. The zero-order valence-corrected chi connectivity index (χ0v) is 15.3. The van der Waals surface area contributed by atoms with Crippen LogP contribution in [0.25, 0.3) is 0 Å². The van der Waals surface area contributed by atoms with Crippen molar-refractivity contribution in [3.63, 3.8) is 0 Å². The van der Waals surface area contributed by atoms with Crippen LogP contribution in [-0.4, -0.2) is 46.8 Å². The number of carbonyl (C=O) groups excluding carboxylic acids is 2. The van der Waals surface area contributed by atoms with Crippen molar-refractivity contribution in [2.45, 2.75) is 12.8 Å². The number of ether oxygens (including phenoxy) is 1. The highest BCUT2D eigenvalue weighted by atomic mass is 16.6. The Morgan fingerprint density at radius 1 is 1.21 bits per heavy atom. The van der Waals surface area contributed by atoms with Crippen molar-refractivity contribution in [3.8, 4) is 5.75 Å². The van der Waals surface area contributed by atoms with E-state index in [1.807, 2.05) is 0 Å². The van der Waals surface area contributed by atoms with Gasteiger partial charge in [0.15, 0.2) is 5.75 Å². The van der Waals surface area contributed by atoms with Gasteiger partial charge in [-0.25, -0.2) is 0 Å². The average Bonchev–Trinajstić information content (AvgIpc) is 2.73. The van der Waals surface area contributed by atoms with E-state index >= 15 is 0 Å². The first-order chi connectivity index (χ1) is 13.5. The van der Waals surface area contributed by atoms with Crippen molar-refractivity contribution in [1.82, 2.24) is 9.88 Å². The summed E-state index contributed by atoms with van der Waals surface area (Å²) in [7, 11) is 1.34. The van der Waals surface area contributed by atoms with Gasteiger partial charge in [0, 0.05) is 48.7 Å². The van der Waals surface area contributed by atoms with Crippen LogP contribution in [0.15, 0.2) is 42.7 Å². The number of piperidine rings is 1. The second-order valence-electron chi connectivity index (χ2n) is 6.44. The van der Waals surface area contributed by atoms with Crippen LogP contribution in [0.1, 0.15) is 23.2 Å². The normalized spacial score (nSPS) is 14.4. The van der Waals surface area contributed by atoms with Gasteiger partial charge in [-0.2, -0.15) is 0 Å². The molecule has 0 radical (unpaired) electrons. The number of rotatable bonds is 5. The second kappa shape index (κ2) is 8.47. The summed E-state index contributed by atoms with van der Waals surface area (Å²) in [6.07, 6.45) is 4.26. The number of hydrogen-bond acceptors (Lipinski definition) is 6. The first-order valence-corrected chi connectivity index (χ1v) is 8.82. The van der Waals surface area contributed by atoms with Crippen molar-refractivity contribution in [2.75, 3.05) is 25.5 Å². The predicted octanol–water partition coefficient (Wildman–Crippen LogP) is 2.49. The van der Waals surface area contributed by atoms with Crippen molar-refractivity contribution < 1.29 is 19.2 Å². The van der Waals surface area contributed by atoms with Gasteiger partial charge in [-0.3, -0.25) is 24.7 Å². The number of anilines is 1. The molecule has 0 atom stereocenters. The van der Waals surface area contributed by atoms with E-state index in [2.05, 4.69) is 10.3 Å². The van der Waals surface area contributed by atoms with E-state index in [0.717, 1.165) is 0 Å². The van der Waals surface area contributed by atoms with Crippen molar-refractivity contribution in [1.29, 1.82) is 0 Å². The van der Waals surface area contributed by atoms with Gasteiger partial charge in [0.25, 0.3) is 5.91 Å². The van der Waals surface area contributed by atoms with Gasteiger partial charge in [0.05, 0.1) is 12.0 Å². The maximum Gasteiger partial charge on any atom is 0.311 e. The number of nitro benzene ring substituents is 1. The minimum atomic E-state index is -0.578. The molecule has 9 heteroatoms. The number of likely N-dealkylation sites (tertiary alicyclic amines) is 1. The Labute approximate surface area is 161 Å². The first-order valence-electron chi connectivity index (χ1n) is 8.82. The third-order valence-corrected chi connectivity index (χ3v) is 4.72. The molecule has 0 spiro atoms. The lowest BCUT2D eigenvalue weighted by atomic mass is 9.95. The van der Waals surface area contributed by atoms with Gasteiger partial charge >= 0.3 is 5.69 Å². The van der Waals surface area contributed by atoms with E-state index in [1.165, 1.54) is 25.3 Å². The number of benzene rings is 1. The standard InChI is InChI=1S/C19H20N4O5/c1-28-17-3-2-14(12-16(17)23(26)27)19(25)22-10-6-13(7-11-22)18(24)21-15-4-8-20-9-5-15/h2-5,8-9,12-13H,6-7,10-11H2,1H3,(H,20,21,24). The largest absolute Gasteiger partial charge is 0.490 e. The molecule has 0 saturated carbocycles. The van der Waals surface area contributed by atoms with Gasteiger partial charge in [0.1, 0.15) is 0 Å². The van der Waals surface area contributed by atoms with Crippen LogP contribution in [0.3, 0.4) is 0 Å². The van der Waals surface area contributed by atoms with Gasteiger partial charge < -0.3 is 15.0 Å². The van der Waals surface area contributed by atoms with Crippen LogP contribution in [0.5, 0.6) is 5.75 Å². The Bertz CT molecular complexity index is 879. The van der Waals surface area contributed by atoms with Crippen molar-refractivity contribution >= 4 is 23.2 Å². The first kappa shape index (κ1) is 19.3. The average molecular weight is 384 g/mol. The number of amides is 2. The molecule has 1 saturated heterocycles. The molecule has 9 nitrogen and oxygen atoms in total. The quantitative estimate of drug-likeness (QED) is 0.626. The molecule has 28 heavy (non-hydrogen) atoms. The van der Waals surface area contributed by atoms with E-state index < -0.39 is 4.92 Å². The molecule has 2 amide bonds. The summed E-state index contributed by atoms with van der Waals surface area (Å²) in [6.45, 7) is 0.820. The summed E-state index contributed by atoms with van der Waals surface area (Å²) >= 11 is 0. The highest BCUT2D eigenvalue weighted by Gasteiger charge is 2.29. The Kier molecular flexibility index (Phi) is 5.83. The van der Waals surface area contributed by atoms with E-state index in [0.29, 0.717) is 31.6 Å². The molecule has 1 aromatic heterocycles. The lowest BCUT2D eigenvalue weighted by Crippen LogP contribution is -2.41. The zero-order valence-electron chi connectivity index (χ0n) is 15.3. The van der Waals surface area contributed by atoms with Crippen LogP contribution in [0, 0.1) is 16.0 Å². The highest BCUT2D eigenvalue weighted by Crippen LogP contribution is 2.29. The van der Waals surface area contributed by atoms with Crippen LogP contribution >= 0.6 is 0 Å². The molecule has 0 unspecified atom stereocenters. The molecule has 2 heterocycles. The molecular weight excluding hydrogens is 364 g/mol. The van der Waals surface area contributed by atoms with Crippen LogP contribution in [-0.2, 0) is 4.79 Å². The lowest BCUT2D eigenvalue weighted by molar-refractivity contribution is -0.385. The van der Waals surface area contributed by atoms with Gasteiger partial charge in [-0.1, -0.05) is 0 Å². The van der Waals surface area contributed by atoms with Crippen LogP contribution in [0.2, 0.25) is 0 Å². The monoisotopic (exact) mass is 384 g/mol. The number of pyridine rings is 1. The van der Waals surface area contributed by atoms with Gasteiger partial charge in [-0.05, 0) is 37.1 Å². The van der Waals surface area contributed by atoms with E-state index in [4.69, 9.17) is 4.74 Å². The van der Waals surface area contributed by atoms with E-state index in [9.17, 15) is 19.7 Å². The zero-order chi connectivity index (χ0) is 20.1. The third-order valence-electron chi connectivity index (χ3n) is 4.72.